The van der Waals surface area contributed by atoms with Gasteiger partial charge >= 0.3 is 17.9 Å². The van der Waals surface area contributed by atoms with E-state index in [1.165, 1.54) is 0 Å². The van der Waals surface area contributed by atoms with Gasteiger partial charge in [-0.1, -0.05) is 39.0 Å². The maximum atomic E-state index is 13.1. The van der Waals surface area contributed by atoms with Crippen molar-refractivity contribution in [3.05, 3.63) is 23.8 Å². The number of ether oxygens (including phenoxy) is 2. The molecular formula is C26H38O7. The Labute approximate surface area is 196 Å². The molecule has 3 aliphatic rings. The first kappa shape index (κ1) is 25.5. The number of hydrogen-bond donors (Lipinski definition) is 2. The van der Waals surface area contributed by atoms with Crippen molar-refractivity contribution in [1.29, 1.82) is 0 Å². The lowest BCUT2D eigenvalue weighted by Gasteiger charge is -2.49. The Morgan fingerprint density at radius 3 is 2.58 bits per heavy atom. The van der Waals surface area contributed by atoms with Gasteiger partial charge in [0.25, 0.3) is 0 Å². The van der Waals surface area contributed by atoms with Crippen molar-refractivity contribution < 1.29 is 34.1 Å². The van der Waals surface area contributed by atoms with E-state index in [2.05, 4.69) is 12.2 Å². The van der Waals surface area contributed by atoms with E-state index in [1.807, 2.05) is 26.8 Å². The van der Waals surface area contributed by atoms with Crippen LogP contribution in [0.5, 0.6) is 0 Å². The molecule has 2 unspecified atom stereocenters. The molecule has 0 aromatic heterocycles. The lowest BCUT2D eigenvalue weighted by atomic mass is 9.59. The third-order valence-electron chi connectivity index (χ3n) is 7.79. The summed E-state index contributed by atoms with van der Waals surface area (Å²) >= 11 is 0. The molecule has 0 amide bonds. The second-order valence-corrected chi connectivity index (χ2v) is 10.8. The minimum Gasteiger partial charge on any atom is -0.478 e. The van der Waals surface area contributed by atoms with Crippen molar-refractivity contribution in [2.75, 3.05) is 0 Å². The molecule has 1 fully saturated rings. The van der Waals surface area contributed by atoms with Gasteiger partial charge in [-0.3, -0.25) is 9.59 Å². The molecule has 3 rings (SSSR count). The maximum Gasteiger partial charge on any atom is 0.348 e. The van der Waals surface area contributed by atoms with E-state index in [0.717, 1.165) is 5.57 Å². The van der Waals surface area contributed by atoms with Crippen molar-refractivity contribution in [3.63, 3.8) is 0 Å². The fourth-order valence-electron chi connectivity index (χ4n) is 5.49. The van der Waals surface area contributed by atoms with E-state index >= 15 is 0 Å². The number of esters is 2. The quantitative estimate of drug-likeness (QED) is 0.549. The lowest BCUT2D eigenvalue weighted by Crippen LogP contribution is -2.57. The highest BCUT2D eigenvalue weighted by atomic mass is 16.6. The van der Waals surface area contributed by atoms with Crippen LogP contribution in [0.15, 0.2) is 23.8 Å². The Hall–Kier alpha value is -2.15. The van der Waals surface area contributed by atoms with Crippen molar-refractivity contribution in [2.45, 2.75) is 91.0 Å². The second kappa shape index (κ2) is 9.61. The number of fused-ring (bicyclic) bond motifs is 1. The minimum absolute atomic E-state index is 0.0117. The average molecular weight is 463 g/mol. The van der Waals surface area contributed by atoms with Gasteiger partial charge in [-0.15, -0.1) is 0 Å². The first-order valence-corrected chi connectivity index (χ1v) is 12.1. The molecule has 33 heavy (non-hydrogen) atoms. The number of rotatable bonds is 7. The van der Waals surface area contributed by atoms with Crippen LogP contribution in [0, 0.1) is 29.1 Å². The molecule has 1 aliphatic heterocycles. The van der Waals surface area contributed by atoms with Gasteiger partial charge in [-0.05, 0) is 56.4 Å². The van der Waals surface area contributed by atoms with Crippen LogP contribution in [0.2, 0.25) is 0 Å². The van der Waals surface area contributed by atoms with Gasteiger partial charge in [-0.25, -0.2) is 4.79 Å². The first-order chi connectivity index (χ1) is 15.4. The number of cyclic esters (lactones) is 1. The molecule has 7 nitrogen and oxygen atoms in total. The van der Waals surface area contributed by atoms with Crippen LogP contribution in [0.4, 0.5) is 0 Å². The summed E-state index contributed by atoms with van der Waals surface area (Å²) in [5, 5.41) is 20.4. The molecular weight excluding hydrogens is 424 g/mol. The van der Waals surface area contributed by atoms with E-state index in [9.17, 15) is 24.6 Å². The maximum absolute atomic E-state index is 13.1. The van der Waals surface area contributed by atoms with Crippen LogP contribution >= 0.6 is 0 Å². The summed E-state index contributed by atoms with van der Waals surface area (Å²) < 4.78 is 11.4. The molecule has 0 aromatic rings. The summed E-state index contributed by atoms with van der Waals surface area (Å²) in [5.41, 5.74) is -1.55. The summed E-state index contributed by atoms with van der Waals surface area (Å²) in [6.45, 7) is 9.43. The predicted octanol–water partition coefficient (Wildman–Crippen LogP) is 4.04. The molecule has 0 spiro atoms. The molecule has 2 N–H and O–H groups in total. The standard InChI is InChI=1S/C26H38O7/c1-6-25(4,5)24(31)33-26(23(29)30)14-15(2)11-17-8-7-16(3)20(22(17)26)10-9-19-12-18(27)13-21(28)32-19/h7-8,11,15-16,18-20,22,27H,6,9-10,12-14H2,1-5H3,(H,29,30)/t15-,16?,18+,19?,20-,22-,26-/m0/s1. The third-order valence-corrected chi connectivity index (χ3v) is 7.79. The smallest absolute Gasteiger partial charge is 0.348 e. The fourth-order valence-corrected chi connectivity index (χ4v) is 5.49. The first-order valence-electron chi connectivity index (χ1n) is 12.1. The Morgan fingerprint density at radius 2 is 1.97 bits per heavy atom. The molecule has 0 saturated carbocycles. The van der Waals surface area contributed by atoms with E-state index in [4.69, 9.17) is 9.47 Å². The monoisotopic (exact) mass is 462 g/mol. The molecule has 1 saturated heterocycles. The van der Waals surface area contributed by atoms with E-state index < -0.39 is 47.0 Å². The fraction of sp³-hybridized carbons (Fsp3) is 0.731. The highest BCUT2D eigenvalue weighted by molar-refractivity contribution is 5.85. The second-order valence-electron chi connectivity index (χ2n) is 10.8. The number of aliphatic hydroxyl groups is 1. The Balaban J connectivity index is 1.94. The van der Waals surface area contributed by atoms with E-state index in [-0.39, 0.29) is 30.6 Å². The van der Waals surface area contributed by atoms with Crippen molar-refractivity contribution >= 4 is 17.9 Å². The molecule has 7 heteroatoms. The molecule has 184 valence electrons. The van der Waals surface area contributed by atoms with E-state index in [1.54, 1.807) is 13.8 Å². The number of aliphatic carboxylic acids is 1. The van der Waals surface area contributed by atoms with Gasteiger partial charge in [0.15, 0.2) is 0 Å². The van der Waals surface area contributed by atoms with Crippen molar-refractivity contribution in [3.8, 4) is 0 Å². The third kappa shape index (κ3) is 5.18. The summed E-state index contributed by atoms with van der Waals surface area (Å²) in [6, 6.07) is 0. The topological polar surface area (TPSA) is 110 Å². The van der Waals surface area contributed by atoms with Crippen LogP contribution in [0.25, 0.3) is 0 Å². The zero-order chi connectivity index (χ0) is 24.6. The van der Waals surface area contributed by atoms with Gasteiger partial charge in [0.05, 0.1) is 17.9 Å². The normalized spacial score (nSPS) is 36.4. The SMILES string of the molecule is CCC(C)(C)C(=O)O[C@@]1(C(=O)O)C[C@@H](C)C=C2C=CC(C)[C@H](CCC3C[C@@H](O)CC(=O)O3)[C@H]21. The van der Waals surface area contributed by atoms with Gasteiger partial charge in [0.2, 0.25) is 5.60 Å². The Kier molecular flexibility index (Phi) is 7.42. The van der Waals surface area contributed by atoms with Gasteiger partial charge < -0.3 is 19.7 Å². The highest BCUT2D eigenvalue weighted by Crippen LogP contribution is 2.51. The average Bonchev–Trinajstić information content (AvgIpc) is 2.72. The molecule has 7 atom stereocenters. The predicted molar refractivity (Wildman–Crippen MR) is 122 cm³/mol. The Bertz CT molecular complexity index is 842. The summed E-state index contributed by atoms with van der Waals surface area (Å²) in [6.07, 6.45) is 7.32. The molecule has 0 radical (unpaired) electrons. The number of carboxylic acid groups (broad SMARTS) is 1. The molecule has 0 bridgehead atoms. The van der Waals surface area contributed by atoms with Gasteiger partial charge in [0, 0.05) is 18.8 Å². The lowest BCUT2D eigenvalue weighted by molar-refractivity contribution is -0.197. The number of hydrogen-bond acceptors (Lipinski definition) is 6. The summed E-state index contributed by atoms with van der Waals surface area (Å²) in [7, 11) is 0. The van der Waals surface area contributed by atoms with Crippen LogP contribution in [0.3, 0.4) is 0 Å². The largest absolute Gasteiger partial charge is 0.478 e. The zero-order valence-electron chi connectivity index (χ0n) is 20.4. The Morgan fingerprint density at radius 1 is 1.27 bits per heavy atom. The number of carboxylic acids is 1. The van der Waals surface area contributed by atoms with Gasteiger partial charge in [-0.2, -0.15) is 0 Å². The summed E-state index contributed by atoms with van der Waals surface area (Å²) in [5.74, 6) is -2.62. The number of carbonyl (C=O) groups is 3. The molecule has 2 aliphatic carbocycles. The molecule has 1 heterocycles. The zero-order valence-corrected chi connectivity index (χ0v) is 20.4. The number of allylic oxidation sites excluding steroid dienone is 3. The summed E-state index contributed by atoms with van der Waals surface area (Å²) in [4.78, 5) is 37.7. The highest BCUT2D eigenvalue weighted by Gasteiger charge is 2.58. The van der Waals surface area contributed by atoms with Crippen molar-refractivity contribution in [1.82, 2.24) is 0 Å². The van der Waals surface area contributed by atoms with Crippen LogP contribution in [-0.2, 0) is 23.9 Å². The minimum atomic E-state index is -1.65. The number of carbonyl (C=O) groups excluding carboxylic acids is 2. The van der Waals surface area contributed by atoms with Crippen LogP contribution in [-0.4, -0.2) is 45.9 Å². The van der Waals surface area contributed by atoms with Gasteiger partial charge in [0.1, 0.15) is 6.10 Å². The van der Waals surface area contributed by atoms with Crippen LogP contribution < -0.4 is 0 Å². The molecule has 0 aromatic carbocycles. The van der Waals surface area contributed by atoms with E-state index in [0.29, 0.717) is 25.7 Å². The number of aliphatic hydroxyl groups excluding tert-OH is 1. The van der Waals surface area contributed by atoms with Crippen LogP contribution in [0.1, 0.15) is 73.1 Å². The van der Waals surface area contributed by atoms with Crippen molar-refractivity contribution in [2.24, 2.45) is 29.1 Å².